The fourth-order valence-electron chi connectivity index (χ4n) is 2.46. The quantitative estimate of drug-likeness (QED) is 0.667. The molecule has 0 aliphatic carbocycles. The molecule has 0 saturated carbocycles. The second-order valence-electron chi connectivity index (χ2n) is 5.48. The molecule has 0 radical (unpaired) electrons. The summed E-state index contributed by atoms with van der Waals surface area (Å²) in [6.07, 6.45) is 0.339. The molecule has 8 heteroatoms. The van der Waals surface area contributed by atoms with Crippen molar-refractivity contribution in [2.45, 2.75) is 13.3 Å². The van der Waals surface area contributed by atoms with Gasteiger partial charge in [0.1, 0.15) is 5.75 Å². The van der Waals surface area contributed by atoms with E-state index in [-0.39, 0.29) is 30.1 Å². The van der Waals surface area contributed by atoms with E-state index in [0.717, 1.165) is 6.07 Å². The maximum Gasteiger partial charge on any atom is 0.311 e. The fourth-order valence-corrected chi connectivity index (χ4v) is 2.46. The van der Waals surface area contributed by atoms with E-state index in [9.17, 15) is 24.8 Å². The number of nitro benzene ring substituents is 1. The van der Waals surface area contributed by atoms with E-state index >= 15 is 0 Å². The standard InChI is InChI=1S/C14H16N2O6/c1-14(13(18)19)5-6-15(8-14)12(17)10-7-9(16(20)21)3-4-11(10)22-2/h3-4,7H,5-6,8H2,1-2H3,(H,18,19). The van der Waals surface area contributed by atoms with Gasteiger partial charge >= 0.3 is 5.97 Å². The number of hydrogen-bond acceptors (Lipinski definition) is 5. The van der Waals surface area contributed by atoms with Crippen LogP contribution in [0.15, 0.2) is 18.2 Å². The molecule has 1 aromatic rings. The van der Waals surface area contributed by atoms with Crippen LogP contribution in [0.1, 0.15) is 23.7 Å². The molecule has 2 rings (SSSR count). The van der Waals surface area contributed by atoms with Crippen molar-refractivity contribution in [1.29, 1.82) is 0 Å². The fraction of sp³-hybridized carbons (Fsp3) is 0.429. The summed E-state index contributed by atoms with van der Waals surface area (Å²) in [6.45, 7) is 1.92. The van der Waals surface area contributed by atoms with E-state index in [1.807, 2.05) is 0 Å². The van der Waals surface area contributed by atoms with E-state index in [4.69, 9.17) is 4.74 Å². The number of non-ortho nitro benzene ring substituents is 1. The summed E-state index contributed by atoms with van der Waals surface area (Å²) in [7, 11) is 1.36. The Morgan fingerprint density at radius 1 is 1.45 bits per heavy atom. The lowest BCUT2D eigenvalue weighted by atomic mass is 9.90. The summed E-state index contributed by atoms with van der Waals surface area (Å²) in [5, 5.41) is 20.1. The zero-order valence-electron chi connectivity index (χ0n) is 12.2. The van der Waals surface area contributed by atoms with Gasteiger partial charge in [0.15, 0.2) is 0 Å². The van der Waals surface area contributed by atoms with E-state index < -0.39 is 22.2 Å². The third-order valence-corrected chi connectivity index (χ3v) is 3.90. The Morgan fingerprint density at radius 3 is 2.64 bits per heavy atom. The first-order valence-corrected chi connectivity index (χ1v) is 6.63. The number of rotatable bonds is 4. The van der Waals surface area contributed by atoms with Gasteiger partial charge in [-0.2, -0.15) is 0 Å². The predicted octanol–water partition coefficient (Wildman–Crippen LogP) is 1.54. The Labute approximate surface area is 126 Å². The largest absolute Gasteiger partial charge is 0.496 e. The first-order chi connectivity index (χ1) is 10.3. The summed E-state index contributed by atoms with van der Waals surface area (Å²) in [4.78, 5) is 35.4. The van der Waals surface area contributed by atoms with Gasteiger partial charge in [-0.05, 0) is 19.4 Å². The third-order valence-electron chi connectivity index (χ3n) is 3.90. The first kappa shape index (κ1) is 15.7. The number of hydrogen-bond donors (Lipinski definition) is 1. The zero-order valence-corrected chi connectivity index (χ0v) is 12.2. The molecule has 1 N–H and O–H groups in total. The van der Waals surface area contributed by atoms with Gasteiger partial charge in [-0.3, -0.25) is 19.7 Å². The number of carbonyl (C=O) groups excluding carboxylic acids is 1. The molecule has 1 amide bonds. The number of amides is 1. The number of carboxylic acids is 1. The van der Waals surface area contributed by atoms with Crippen LogP contribution in [0, 0.1) is 15.5 Å². The Kier molecular flexibility index (Phi) is 4.03. The van der Waals surface area contributed by atoms with Crippen LogP contribution in [0.25, 0.3) is 0 Å². The number of aliphatic carboxylic acids is 1. The molecule has 1 unspecified atom stereocenters. The number of ether oxygens (including phenoxy) is 1. The SMILES string of the molecule is COc1ccc([N+](=O)[O-])cc1C(=O)N1CCC(C)(C(=O)O)C1. The highest BCUT2D eigenvalue weighted by Gasteiger charge is 2.42. The smallest absolute Gasteiger partial charge is 0.311 e. The predicted molar refractivity (Wildman–Crippen MR) is 75.9 cm³/mol. The molecule has 8 nitrogen and oxygen atoms in total. The monoisotopic (exact) mass is 308 g/mol. The molecule has 1 saturated heterocycles. The summed E-state index contributed by atoms with van der Waals surface area (Å²) in [5.41, 5.74) is -1.15. The van der Waals surface area contributed by atoms with Gasteiger partial charge in [-0.25, -0.2) is 0 Å². The molecule has 1 aliphatic rings. The summed E-state index contributed by atoms with van der Waals surface area (Å²) in [6, 6.07) is 3.76. The highest BCUT2D eigenvalue weighted by Crippen LogP contribution is 2.33. The number of likely N-dealkylation sites (tertiary alicyclic amines) is 1. The lowest BCUT2D eigenvalue weighted by molar-refractivity contribution is -0.384. The molecule has 0 bridgehead atoms. The third kappa shape index (κ3) is 2.72. The van der Waals surface area contributed by atoms with Crippen LogP contribution in [0.5, 0.6) is 5.75 Å². The minimum Gasteiger partial charge on any atom is -0.496 e. The van der Waals surface area contributed by atoms with Crippen LogP contribution in [-0.4, -0.2) is 47.0 Å². The average molecular weight is 308 g/mol. The number of nitrogens with zero attached hydrogens (tertiary/aromatic N) is 2. The minimum absolute atomic E-state index is 0.0614. The molecular weight excluding hydrogens is 292 g/mol. The van der Waals surface area contributed by atoms with Crippen molar-refractivity contribution >= 4 is 17.6 Å². The Morgan fingerprint density at radius 2 is 2.14 bits per heavy atom. The molecular formula is C14H16N2O6. The van der Waals surface area contributed by atoms with Crippen molar-refractivity contribution in [2.75, 3.05) is 20.2 Å². The van der Waals surface area contributed by atoms with Gasteiger partial charge in [0.2, 0.25) is 0 Å². The van der Waals surface area contributed by atoms with Crippen molar-refractivity contribution in [3.63, 3.8) is 0 Å². The Hall–Kier alpha value is -2.64. The molecule has 0 spiro atoms. The van der Waals surface area contributed by atoms with Crippen LogP contribution < -0.4 is 4.74 Å². The molecule has 118 valence electrons. The second-order valence-corrected chi connectivity index (χ2v) is 5.48. The van der Waals surface area contributed by atoms with Crippen molar-refractivity contribution in [2.24, 2.45) is 5.41 Å². The summed E-state index contributed by atoms with van der Waals surface area (Å²) < 4.78 is 5.07. The van der Waals surface area contributed by atoms with Crippen molar-refractivity contribution in [1.82, 2.24) is 4.90 Å². The number of carbonyl (C=O) groups is 2. The summed E-state index contributed by atoms with van der Waals surface area (Å²) in [5.74, 6) is -1.21. The Balaban J connectivity index is 2.32. The summed E-state index contributed by atoms with van der Waals surface area (Å²) >= 11 is 0. The number of nitro groups is 1. The van der Waals surface area contributed by atoms with Crippen LogP contribution in [0.2, 0.25) is 0 Å². The molecule has 1 fully saturated rings. The highest BCUT2D eigenvalue weighted by molar-refractivity contribution is 5.98. The van der Waals surface area contributed by atoms with Crippen molar-refractivity contribution in [3.05, 3.63) is 33.9 Å². The van der Waals surface area contributed by atoms with E-state index in [2.05, 4.69) is 0 Å². The van der Waals surface area contributed by atoms with Gasteiger partial charge in [0.05, 0.1) is 23.0 Å². The van der Waals surface area contributed by atoms with E-state index in [0.29, 0.717) is 6.42 Å². The normalized spacial score (nSPS) is 20.7. The second kappa shape index (κ2) is 5.63. The van der Waals surface area contributed by atoms with Crippen LogP contribution >= 0.6 is 0 Å². The van der Waals surface area contributed by atoms with E-state index in [1.165, 1.54) is 24.1 Å². The molecule has 22 heavy (non-hydrogen) atoms. The van der Waals surface area contributed by atoms with Gasteiger partial charge < -0.3 is 14.7 Å². The number of methoxy groups -OCH3 is 1. The zero-order chi connectivity index (χ0) is 16.5. The highest BCUT2D eigenvalue weighted by atomic mass is 16.6. The molecule has 1 aromatic carbocycles. The Bertz CT molecular complexity index is 644. The minimum atomic E-state index is -0.996. The number of carboxylic acid groups (broad SMARTS) is 1. The first-order valence-electron chi connectivity index (χ1n) is 6.63. The average Bonchev–Trinajstić information content (AvgIpc) is 2.89. The topological polar surface area (TPSA) is 110 Å². The van der Waals surface area contributed by atoms with Gasteiger partial charge in [-0.15, -0.1) is 0 Å². The molecule has 1 heterocycles. The van der Waals surface area contributed by atoms with Crippen LogP contribution in [0.3, 0.4) is 0 Å². The molecule has 0 aromatic heterocycles. The maximum absolute atomic E-state index is 12.5. The number of benzene rings is 1. The van der Waals surface area contributed by atoms with Crippen molar-refractivity contribution < 1.29 is 24.4 Å². The van der Waals surface area contributed by atoms with Gasteiger partial charge in [0, 0.05) is 25.2 Å². The van der Waals surface area contributed by atoms with Gasteiger partial charge in [0.25, 0.3) is 11.6 Å². The lowest BCUT2D eigenvalue weighted by Gasteiger charge is -2.21. The van der Waals surface area contributed by atoms with Crippen LogP contribution in [-0.2, 0) is 4.79 Å². The molecule has 1 atom stereocenters. The lowest BCUT2D eigenvalue weighted by Crippen LogP contribution is -2.35. The van der Waals surface area contributed by atoms with E-state index in [1.54, 1.807) is 6.92 Å². The van der Waals surface area contributed by atoms with Crippen molar-refractivity contribution in [3.8, 4) is 5.75 Å². The maximum atomic E-state index is 12.5. The molecule has 1 aliphatic heterocycles. The van der Waals surface area contributed by atoms with Gasteiger partial charge in [-0.1, -0.05) is 0 Å². The van der Waals surface area contributed by atoms with Crippen LogP contribution in [0.4, 0.5) is 5.69 Å².